The Morgan fingerprint density at radius 3 is 2.22 bits per heavy atom. The van der Waals surface area contributed by atoms with Crippen molar-refractivity contribution in [1.29, 1.82) is 0 Å². The lowest BCUT2D eigenvalue weighted by atomic mass is 9.88. The SMILES string of the molecule is CCC1(OCC(=O)NC(N)=O)CCN(C(=O)OC(C)(C)C)CC1. The van der Waals surface area contributed by atoms with E-state index in [1.165, 1.54) is 0 Å². The fourth-order valence-electron chi connectivity index (χ4n) is 2.42. The van der Waals surface area contributed by atoms with Crippen LogP contribution in [0.4, 0.5) is 9.59 Å². The van der Waals surface area contributed by atoms with Crippen LogP contribution in [0, 0.1) is 0 Å². The molecular formula is C15H27N3O5. The summed E-state index contributed by atoms with van der Waals surface area (Å²) < 4.78 is 11.1. The van der Waals surface area contributed by atoms with Crippen molar-refractivity contribution in [2.75, 3.05) is 19.7 Å². The van der Waals surface area contributed by atoms with E-state index in [0.717, 1.165) is 0 Å². The summed E-state index contributed by atoms with van der Waals surface area (Å²) in [6, 6.07) is -0.899. The summed E-state index contributed by atoms with van der Waals surface area (Å²) in [5.74, 6) is -0.570. The number of rotatable bonds is 4. The molecule has 8 nitrogen and oxygen atoms in total. The van der Waals surface area contributed by atoms with Gasteiger partial charge in [0, 0.05) is 13.1 Å². The van der Waals surface area contributed by atoms with Crippen molar-refractivity contribution in [3.63, 3.8) is 0 Å². The van der Waals surface area contributed by atoms with Crippen LogP contribution in [0.5, 0.6) is 0 Å². The summed E-state index contributed by atoms with van der Waals surface area (Å²) in [7, 11) is 0. The standard InChI is InChI=1S/C15H27N3O5/c1-5-15(22-10-11(19)17-12(16)20)6-8-18(9-7-15)13(21)23-14(2,3)4/h5-10H2,1-4H3,(H3,16,17,19,20). The van der Waals surface area contributed by atoms with Gasteiger partial charge in [-0.1, -0.05) is 6.92 Å². The normalized spacial score (nSPS) is 17.5. The zero-order chi connectivity index (χ0) is 17.7. The molecule has 4 amide bonds. The molecule has 0 radical (unpaired) electrons. The third-order valence-corrected chi connectivity index (χ3v) is 3.74. The Bertz CT molecular complexity index is 451. The zero-order valence-electron chi connectivity index (χ0n) is 14.3. The van der Waals surface area contributed by atoms with Crippen LogP contribution < -0.4 is 11.1 Å². The molecule has 132 valence electrons. The molecule has 1 aliphatic heterocycles. The predicted octanol–water partition coefficient (Wildman–Crippen LogP) is 1.38. The summed E-state index contributed by atoms with van der Waals surface area (Å²) in [6.07, 6.45) is 1.58. The average molecular weight is 329 g/mol. The first-order chi connectivity index (χ1) is 10.6. The van der Waals surface area contributed by atoms with Crippen molar-refractivity contribution in [3.8, 4) is 0 Å². The van der Waals surface area contributed by atoms with Crippen LogP contribution in [0.15, 0.2) is 0 Å². The molecule has 23 heavy (non-hydrogen) atoms. The third kappa shape index (κ3) is 6.43. The van der Waals surface area contributed by atoms with Crippen LogP contribution in [0.3, 0.4) is 0 Å². The van der Waals surface area contributed by atoms with E-state index in [0.29, 0.717) is 32.4 Å². The smallest absolute Gasteiger partial charge is 0.410 e. The highest BCUT2D eigenvalue weighted by molar-refractivity contribution is 5.94. The fraction of sp³-hybridized carbons (Fsp3) is 0.800. The first-order valence-corrected chi connectivity index (χ1v) is 7.78. The van der Waals surface area contributed by atoms with Gasteiger partial charge in [0.15, 0.2) is 0 Å². The molecule has 0 aromatic rings. The number of primary amides is 1. The minimum absolute atomic E-state index is 0.233. The molecular weight excluding hydrogens is 302 g/mol. The highest BCUT2D eigenvalue weighted by Crippen LogP contribution is 2.30. The minimum atomic E-state index is -0.899. The van der Waals surface area contributed by atoms with Gasteiger partial charge < -0.3 is 20.1 Å². The van der Waals surface area contributed by atoms with Crippen LogP contribution in [-0.4, -0.2) is 53.8 Å². The van der Waals surface area contributed by atoms with Gasteiger partial charge in [0.05, 0.1) is 5.60 Å². The van der Waals surface area contributed by atoms with Crippen molar-refractivity contribution < 1.29 is 23.9 Å². The van der Waals surface area contributed by atoms with Crippen molar-refractivity contribution in [3.05, 3.63) is 0 Å². The first-order valence-electron chi connectivity index (χ1n) is 7.78. The van der Waals surface area contributed by atoms with E-state index in [4.69, 9.17) is 15.2 Å². The molecule has 0 atom stereocenters. The maximum atomic E-state index is 12.0. The number of urea groups is 1. The Morgan fingerprint density at radius 1 is 1.22 bits per heavy atom. The molecule has 0 unspecified atom stereocenters. The number of hydrogen-bond donors (Lipinski definition) is 2. The van der Waals surface area contributed by atoms with Crippen molar-refractivity contribution in [2.45, 2.75) is 58.2 Å². The van der Waals surface area contributed by atoms with Gasteiger partial charge in [-0.2, -0.15) is 0 Å². The molecule has 0 spiro atoms. The van der Waals surface area contributed by atoms with Crippen LogP contribution in [-0.2, 0) is 14.3 Å². The van der Waals surface area contributed by atoms with Gasteiger partial charge in [0.2, 0.25) is 0 Å². The lowest BCUT2D eigenvalue weighted by Crippen LogP contribution is -2.50. The van der Waals surface area contributed by atoms with Gasteiger partial charge in [-0.25, -0.2) is 9.59 Å². The summed E-state index contributed by atoms with van der Waals surface area (Å²) in [5, 5.41) is 1.97. The highest BCUT2D eigenvalue weighted by atomic mass is 16.6. The number of carbonyl (C=O) groups is 3. The van der Waals surface area contributed by atoms with Crippen LogP contribution in [0.1, 0.15) is 47.0 Å². The van der Waals surface area contributed by atoms with Gasteiger partial charge >= 0.3 is 12.1 Å². The second kappa shape index (κ2) is 7.63. The molecule has 1 rings (SSSR count). The second-order valence-electron chi connectivity index (χ2n) is 6.71. The molecule has 0 aliphatic carbocycles. The van der Waals surface area contributed by atoms with Crippen LogP contribution in [0.25, 0.3) is 0 Å². The number of piperidine rings is 1. The quantitative estimate of drug-likeness (QED) is 0.809. The Labute approximate surface area is 136 Å². The maximum Gasteiger partial charge on any atom is 0.410 e. The third-order valence-electron chi connectivity index (χ3n) is 3.74. The van der Waals surface area contributed by atoms with Gasteiger partial charge in [-0.3, -0.25) is 10.1 Å². The highest BCUT2D eigenvalue weighted by Gasteiger charge is 2.37. The van der Waals surface area contributed by atoms with Crippen molar-refractivity contribution >= 4 is 18.0 Å². The molecule has 1 aliphatic rings. The zero-order valence-corrected chi connectivity index (χ0v) is 14.3. The Morgan fingerprint density at radius 2 is 1.78 bits per heavy atom. The average Bonchev–Trinajstić information content (AvgIpc) is 2.43. The van der Waals surface area contributed by atoms with Gasteiger partial charge in [0.1, 0.15) is 12.2 Å². The number of likely N-dealkylation sites (tertiary alicyclic amines) is 1. The van der Waals surface area contributed by atoms with Gasteiger partial charge in [-0.05, 0) is 40.0 Å². The lowest BCUT2D eigenvalue weighted by Gasteiger charge is -2.41. The molecule has 3 N–H and O–H groups in total. The van der Waals surface area contributed by atoms with E-state index in [-0.39, 0.29) is 12.7 Å². The number of nitrogens with zero attached hydrogens (tertiary/aromatic N) is 1. The van der Waals surface area contributed by atoms with Gasteiger partial charge in [-0.15, -0.1) is 0 Å². The van der Waals surface area contributed by atoms with Crippen molar-refractivity contribution in [1.82, 2.24) is 10.2 Å². The van der Waals surface area contributed by atoms with E-state index in [9.17, 15) is 14.4 Å². The number of amides is 4. The van der Waals surface area contributed by atoms with E-state index < -0.39 is 23.1 Å². The number of nitrogens with one attached hydrogen (secondary N) is 1. The van der Waals surface area contributed by atoms with Crippen LogP contribution in [0.2, 0.25) is 0 Å². The number of carbonyl (C=O) groups excluding carboxylic acids is 3. The molecule has 1 saturated heterocycles. The fourth-order valence-corrected chi connectivity index (χ4v) is 2.42. The Balaban J connectivity index is 2.51. The Kier molecular flexibility index (Phi) is 6.37. The maximum absolute atomic E-state index is 12.0. The largest absolute Gasteiger partial charge is 0.444 e. The molecule has 8 heteroatoms. The molecule has 1 heterocycles. The van der Waals surface area contributed by atoms with Crippen LogP contribution >= 0.6 is 0 Å². The molecule has 1 fully saturated rings. The molecule has 0 aromatic heterocycles. The second-order valence-corrected chi connectivity index (χ2v) is 6.71. The summed E-state index contributed by atoms with van der Waals surface area (Å²) >= 11 is 0. The minimum Gasteiger partial charge on any atom is -0.444 e. The molecule has 0 saturated carbocycles. The molecule has 0 aromatic carbocycles. The van der Waals surface area contributed by atoms with Crippen molar-refractivity contribution in [2.24, 2.45) is 5.73 Å². The number of imide groups is 1. The number of hydrogen-bond acceptors (Lipinski definition) is 5. The van der Waals surface area contributed by atoms with E-state index >= 15 is 0 Å². The number of nitrogens with two attached hydrogens (primary N) is 1. The van der Waals surface area contributed by atoms with E-state index in [2.05, 4.69) is 0 Å². The number of ether oxygens (including phenoxy) is 2. The Hall–Kier alpha value is -1.83. The summed E-state index contributed by atoms with van der Waals surface area (Å²) in [5.41, 5.74) is 3.88. The van der Waals surface area contributed by atoms with E-state index in [1.54, 1.807) is 4.90 Å². The monoisotopic (exact) mass is 329 g/mol. The first kappa shape index (κ1) is 19.2. The topological polar surface area (TPSA) is 111 Å². The predicted molar refractivity (Wildman–Crippen MR) is 83.7 cm³/mol. The van der Waals surface area contributed by atoms with E-state index in [1.807, 2.05) is 33.0 Å². The lowest BCUT2D eigenvalue weighted by molar-refractivity contribution is -0.137. The summed E-state index contributed by atoms with van der Waals surface area (Å²) in [4.78, 5) is 35.8. The molecule has 0 bridgehead atoms. The van der Waals surface area contributed by atoms with Gasteiger partial charge in [0.25, 0.3) is 5.91 Å². The summed E-state index contributed by atoms with van der Waals surface area (Å²) in [6.45, 7) is 8.21.